The van der Waals surface area contributed by atoms with Gasteiger partial charge in [-0.3, -0.25) is 4.79 Å². The summed E-state index contributed by atoms with van der Waals surface area (Å²) in [4.78, 5) is 13.9. The van der Waals surface area contributed by atoms with E-state index >= 15 is 0 Å². The Hall–Kier alpha value is -1.81. The van der Waals surface area contributed by atoms with Gasteiger partial charge in [0.05, 0.1) is 0 Å². The standard InChI is InChI=1S/C13H16N2O2/c1-7-3-4-11-12(8(7)2)9(6-15-11)5-10(14)13(16)17/h3-4,6,10,15H,5,14H2,1-2H3,(H,16,17)/t10-/m0/s1. The van der Waals surface area contributed by atoms with Crippen molar-refractivity contribution in [3.63, 3.8) is 0 Å². The number of nitrogens with two attached hydrogens (primary N) is 1. The fraction of sp³-hybridized carbons (Fsp3) is 0.308. The van der Waals surface area contributed by atoms with Gasteiger partial charge in [0, 0.05) is 23.5 Å². The average molecular weight is 232 g/mol. The van der Waals surface area contributed by atoms with E-state index in [1.807, 2.05) is 26.1 Å². The van der Waals surface area contributed by atoms with Gasteiger partial charge in [0.2, 0.25) is 0 Å². The third kappa shape index (κ3) is 2.03. The van der Waals surface area contributed by atoms with Crippen LogP contribution in [-0.2, 0) is 11.2 Å². The third-order valence-electron chi connectivity index (χ3n) is 3.22. The number of rotatable bonds is 3. The van der Waals surface area contributed by atoms with Crippen molar-refractivity contribution >= 4 is 16.9 Å². The van der Waals surface area contributed by atoms with E-state index in [9.17, 15) is 4.79 Å². The highest BCUT2D eigenvalue weighted by Crippen LogP contribution is 2.25. The van der Waals surface area contributed by atoms with Crippen LogP contribution in [0.5, 0.6) is 0 Å². The highest BCUT2D eigenvalue weighted by Gasteiger charge is 2.16. The number of carboxylic acids is 1. The molecule has 4 N–H and O–H groups in total. The molecular weight excluding hydrogens is 216 g/mol. The lowest BCUT2D eigenvalue weighted by Crippen LogP contribution is -2.32. The van der Waals surface area contributed by atoms with Gasteiger partial charge < -0.3 is 15.8 Å². The maximum Gasteiger partial charge on any atom is 0.320 e. The second kappa shape index (κ2) is 4.22. The molecule has 2 aromatic rings. The van der Waals surface area contributed by atoms with Crippen LogP contribution in [0.2, 0.25) is 0 Å². The molecule has 0 saturated heterocycles. The molecule has 4 heteroatoms. The van der Waals surface area contributed by atoms with Crippen molar-refractivity contribution in [1.29, 1.82) is 0 Å². The monoisotopic (exact) mass is 232 g/mol. The van der Waals surface area contributed by atoms with Gasteiger partial charge in [0.1, 0.15) is 6.04 Å². The Morgan fingerprint density at radius 2 is 2.18 bits per heavy atom. The molecule has 0 saturated carbocycles. The Morgan fingerprint density at radius 3 is 2.82 bits per heavy atom. The van der Waals surface area contributed by atoms with Crippen LogP contribution < -0.4 is 5.73 Å². The topological polar surface area (TPSA) is 79.1 Å². The zero-order valence-corrected chi connectivity index (χ0v) is 9.95. The van der Waals surface area contributed by atoms with Crippen LogP contribution in [0.1, 0.15) is 16.7 Å². The van der Waals surface area contributed by atoms with Crippen LogP contribution in [-0.4, -0.2) is 22.1 Å². The molecule has 0 fully saturated rings. The minimum absolute atomic E-state index is 0.347. The lowest BCUT2D eigenvalue weighted by Gasteiger charge is -2.07. The Morgan fingerprint density at radius 1 is 1.47 bits per heavy atom. The summed E-state index contributed by atoms with van der Waals surface area (Å²) in [6.07, 6.45) is 2.19. The van der Waals surface area contributed by atoms with Gasteiger partial charge in [0.15, 0.2) is 0 Å². The van der Waals surface area contributed by atoms with E-state index in [-0.39, 0.29) is 0 Å². The Bertz CT molecular complexity index is 572. The van der Waals surface area contributed by atoms with Crippen LogP contribution in [0.15, 0.2) is 18.3 Å². The summed E-state index contributed by atoms with van der Waals surface area (Å²) in [5, 5.41) is 9.94. The molecule has 90 valence electrons. The minimum atomic E-state index is -0.968. The zero-order chi connectivity index (χ0) is 12.6. The number of fused-ring (bicyclic) bond motifs is 1. The summed E-state index contributed by atoms with van der Waals surface area (Å²) in [7, 11) is 0. The van der Waals surface area contributed by atoms with Crippen LogP contribution >= 0.6 is 0 Å². The summed E-state index contributed by atoms with van der Waals surface area (Å²) >= 11 is 0. The van der Waals surface area contributed by atoms with Crippen molar-refractivity contribution in [2.24, 2.45) is 5.73 Å². The maximum absolute atomic E-state index is 10.8. The lowest BCUT2D eigenvalue weighted by atomic mass is 9.99. The van der Waals surface area contributed by atoms with E-state index in [1.54, 1.807) is 0 Å². The molecular formula is C13H16N2O2. The summed E-state index contributed by atoms with van der Waals surface area (Å²) in [5.41, 5.74) is 9.94. The number of H-pyrrole nitrogens is 1. The van der Waals surface area contributed by atoms with Gasteiger partial charge in [-0.25, -0.2) is 0 Å². The number of aryl methyl sites for hydroxylation is 2. The van der Waals surface area contributed by atoms with Crippen molar-refractivity contribution in [3.8, 4) is 0 Å². The van der Waals surface area contributed by atoms with Crippen molar-refractivity contribution < 1.29 is 9.90 Å². The van der Waals surface area contributed by atoms with Gasteiger partial charge in [0.25, 0.3) is 0 Å². The first-order valence-corrected chi connectivity index (χ1v) is 5.55. The maximum atomic E-state index is 10.8. The largest absolute Gasteiger partial charge is 0.480 e. The van der Waals surface area contributed by atoms with Gasteiger partial charge in [-0.1, -0.05) is 6.07 Å². The molecule has 0 aliphatic heterocycles. The molecule has 1 aromatic heterocycles. The van der Waals surface area contributed by atoms with E-state index < -0.39 is 12.0 Å². The highest BCUT2D eigenvalue weighted by molar-refractivity contribution is 5.88. The first-order valence-electron chi connectivity index (χ1n) is 5.55. The molecule has 0 aliphatic carbocycles. The normalized spacial score (nSPS) is 12.9. The van der Waals surface area contributed by atoms with Crippen LogP contribution in [0.3, 0.4) is 0 Å². The van der Waals surface area contributed by atoms with Crippen LogP contribution in [0.4, 0.5) is 0 Å². The van der Waals surface area contributed by atoms with E-state index in [0.717, 1.165) is 16.5 Å². The van der Waals surface area contributed by atoms with Crippen LogP contribution in [0, 0.1) is 13.8 Å². The van der Waals surface area contributed by atoms with Gasteiger partial charge in [-0.15, -0.1) is 0 Å². The predicted molar refractivity (Wildman–Crippen MR) is 67.1 cm³/mol. The molecule has 4 nitrogen and oxygen atoms in total. The fourth-order valence-electron chi connectivity index (χ4n) is 2.07. The summed E-state index contributed by atoms with van der Waals surface area (Å²) in [6, 6.07) is 3.21. The SMILES string of the molecule is Cc1ccc2[nH]cc(C[C@H](N)C(=O)O)c2c1C. The Balaban J connectivity index is 2.48. The van der Waals surface area contributed by atoms with Crippen molar-refractivity contribution in [2.45, 2.75) is 26.3 Å². The molecule has 1 atom stereocenters. The van der Waals surface area contributed by atoms with Crippen LogP contribution in [0.25, 0.3) is 10.9 Å². The second-order valence-electron chi connectivity index (χ2n) is 4.39. The molecule has 1 heterocycles. The van der Waals surface area contributed by atoms with Gasteiger partial charge in [-0.2, -0.15) is 0 Å². The van der Waals surface area contributed by atoms with Crippen molar-refractivity contribution in [3.05, 3.63) is 35.0 Å². The number of benzene rings is 1. The molecule has 0 radical (unpaired) electrons. The van der Waals surface area contributed by atoms with Crippen molar-refractivity contribution in [2.75, 3.05) is 0 Å². The number of nitrogens with one attached hydrogen (secondary N) is 1. The number of aromatic nitrogens is 1. The molecule has 0 spiro atoms. The number of aliphatic carboxylic acids is 1. The lowest BCUT2D eigenvalue weighted by molar-refractivity contribution is -0.138. The fourth-order valence-corrected chi connectivity index (χ4v) is 2.07. The quantitative estimate of drug-likeness (QED) is 0.754. The number of carboxylic acid groups (broad SMARTS) is 1. The molecule has 0 aliphatic rings. The summed E-state index contributed by atoms with van der Waals surface area (Å²) < 4.78 is 0. The summed E-state index contributed by atoms with van der Waals surface area (Å²) in [6.45, 7) is 4.09. The number of aromatic amines is 1. The second-order valence-corrected chi connectivity index (χ2v) is 4.39. The molecule has 0 amide bonds. The first kappa shape index (κ1) is 11.7. The van der Waals surface area contributed by atoms with Crippen molar-refractivity contribution in [1.82, 2.24) is 4.98 Å². The number of carbonyl (C=O) groups is 1. The predicted octanol–water partition coefficient (Wildman–Crippen LogP) is 1.74. The molecule has 17 heavy (non-hydrogen) atoms. The molecule has 0 bridgehead atoms. The third-order valence-corrected chi connectivity index (χ3v) is 3.22. The first-order chi connectivity index (χ1) is 8.00. The molecule has 1 aromatic carbocycles. The van der Waals surface area contributed by atoms with E-state index in [2.05, 4.69) is 11.1 Å². The van der Waals surface area contributed by atoms with E-state index in [4.69, 9.17) is 10.8 Å². The van der Waals surface area contributed by atoms with E-state index in [1.165, 1.54) is 11.1 Å². The Kier molecular flexibility index (Phi) is 2.90. The molecule has 2 rings (SSSR count). The number of hydrogen-bond donors (Lipinski definition) is 3. The van der Waals surface area contributed by atoms with Gasteiger partial charge in [-0.05, 0) is 36.6 Å². The van der Waals surface area contributed by atoms with Gasteiger partial charge >= 0.3 is 5.97 Å². The minimum Gasteiger partial charge on any atom is -0.480 e. The number of hydrogen-bond acceptors (Lipinski definition) is 2. The highest BCUT2D eigenvalue weighted by atomic mass is 16.4. The average Bonchev–Trinajstić information content (AvgIpc) is 2.67. The van der Waals surface area contributed by atoms with E-state index in [0.29, 0.717) is 6.42 Å². The zero-order valence-electron chi connectivity index (χ0n) is 9.95. The smallest absolute Gasteiger partial charge is 0.320 e. The summed E-state index contributed by atoms with van der Waals surface area (Å²) in [5.74, 6) is -0.968. The Labute approximate surface area is 99.4 Å². The molecule has 0 unspecified atom stereocenters.